The van der Waals surface area contributed by atoms with Crippen molar-refractivity contribution in [2.45, 2.75) is 0 Å². The van der Waals surface area contributed by atoms with E-state index in [1.165, 1.54) is 58.9 Å². The van der Waals surface area contributed by atoms with Crippen LogP contribution in [-0.4, -0.2) is 0 Å². The van der Waals surface area contributed by atoms with Crippen LogP contribution in [-0.2, 0) is 0 Å². The standard InChI is InChI=1S/C40H27NS/c1-4-16-28(17-5-1)31-22-12-14-26-35(31)41(30-20-8-3-9-21-30)39-32-23-10-11-24-33(32)40-38(34-25-13-15-27-36(34)42-40)37(39)29-18-6-2-7-19-29/h1-27H. The molecule has 0 radical (unpaired) electrons. The Labute approximate surface area is 249 Å². The van der Waals surface area contributed by atoms with Gasteiger partial charge in [-0.05, 0) is 35.4 Å². The van der Waals surface area contributed by atoms with Crippen LogP contribution in [0.25, 0.3) is 53.2 Å². The average molecular weight is 554 g/mol. The summed E-state index contributed by atoms with van der Waals surface area (Å²) < 4.78 is 2.64. The lowest BCUT2D eigenvalue weighted by Crippen LogP contribution is -2.13. The van der Waals surface area contributed by atoms with E-state index in [2.05, 4.69) is 169 Å². The first kappa shape index (κ1) is 24.6. The van der Waals surface area contributed by atoms with E-state index in [9.17, 15) is 0 Å². The van der Waals surface area contributed by atoms with E-state index in [0.717, 1.165) is 11.4 Å². The summed E-state index contributed by atoms with van der Waals surface area (Å²) in [6.45, 7) is 0. The van der Waals surface area contributed by atoms with Crippen molar-refractivity contribution in [3.8, 4) is 22.3 Å². The molecule has 8 rings (SSSR count). The minimum absolute atomic E-state index is 1.13. The maximum Gasteiger partial charge on any atom is 0.0625 e. The highest BCUT2D eigenvalue weighted by Gasteiger charge is 2.26. The smallest absolute Gasteiger partial charge is 0.0625 e. The minimum Gasteiger partial charge on any atom is -0.309 e. The Morgan fingerprint density at radius 2 is 0.976 bits per heavy atom. The van der Waals surface area contributed by atoms with Gasteiger partial charge in [-0.2, -0.15) is 0 Å². The minimum atomic E-state index is 1.13. The first-order chi connectivity index (χ1) is 20.9. The first-order valence-corrected chi connectivity index (χ1v) is 15.1. The van der Waals surface area contributed by atoms with Gasteiger partial charge in [-0.25, -0.2) is 0 Å². The topological polar surface area (TPSA) is 3.24 Å². The number of thiophene rings is 1. The van der Waals surface area contributed by atoms with E-state index in [1.807, 2.05) is 11.3 Å². The Morgan fingerprint density at radius 1 is 0.429 bits per heavy atom. The zero-order valence-electron chi connectivity index (χ0n) is 22.9. The molecule has 0 atom stereocenters. The van der Waals surface area contributed by atoms with E-state index in [4.69, 9.17) is 0 Å². The SMILES string of the molecule is c1ccc(-c2ccccc2N(c2ccccc2)c2c(-c3ccccc3)c3c4ccccc4sc3c3ccccc23)cc1. The zero-order chi connectivity index (χ0) is 27.9. The van der Waals surface area contributed by atoms with Crippen molar-refractivity contribution in [2.24, 2.45) is 0 Å². The molecule has 0 fully saturated rings. The first-order valence-electron chi connectivity index (χ1n) is 14.3. The van der Waals surface area contributed by atoms with E-state index in [1.54, 1.807) is 0 Å². The van der Waals surface area contributed by atoms with Crippen molar-refractivity contribution in [3.63, 3.8) is 0 Å². The van der Waals surface area contributed by atoms with Crippen LogP contribution in [0.3, 0.4) is 0 Å². The fraction of sp³-hybridized carbons (Fsp3) is 0. The predicted octanol–water partition coefficient (Wildman–Crippen LogP) is 12.0. The summed E-state index contributed by atoms with van der Waals surface area (Å²) in [4.78, 5) is 2.48. The Bertz CT molecular complexity index is 2180. The Morgan fingerprint density at radius 3 is 1.71 bits per heavy atom. The van der Waals surface area contributed by atoms with E-state index in [-0.39, 0.29) is 0 Å². The number of hydrogen-bond donors (Lipinski definition) is 0. The van der Waals surface area contributed by atoms with Gasteiger partial charge >= 0.3 is 0 Å². The number of para-hydroxylation sites is 2. The molecule has 0 bridgehead atoms. The number of anilines is 3. The molecule has 7 aromatic carbocycles. The van der Waals surface area contributed by atoms with Crippen molar-refractivity contribution >= 4 is 59.3 Å². The normalized spacial score (nSPS) is 11.3. The molecular weight excluding hydrogens is 527 g/mol. The van der Waals surface area contributed by atoms with Crippen molar-refractivity contribution in [1.82, 2.24) is 0 Å². The second kappa shape index (κ2) is 10.3. The second-order valence-corrected chi connectivity index (χ2v) is 11.5. The van der Waals surface area contributed by atoms with Crippen molar-refractivity contribution < 1.29 is 0 Å². The summed E-state index contributed by atoms with van der Waals surface area (Å²) in [6.07, 6.45) is 0. The molecule has 198 valence electrons. The van der Waals surface area contributed by atoms with Gasteiger partial charge < -0.3 is 4.90 Å². The molecule has 0 amide bonds. The third-order valence-corrected chi connectivity index (χ3v) is 9.24. The van der Waals surface area contributed by atoms with Gasteiger partial charge in [-0.3, -0.25) is 0 Å². The summed E-state index contributed by atoms with van der Waals surface area (Å²) >= 11 is 1.89. The lowest BCUT2D eigenvalue weighted by molar-refractivity contribution is 1.30. The fourth-order valence-corrected chi connectivity index (χ4v) is 7.49. The fourth-order valence-electron chi connectivity index (χ4n) is 6.24. The molecule has 2 heteroatoms. The Hall–Kier alpha value is -5.18. The summed E-state index contributed by atoms with van der Waals surface area (Å²) in [7, 11) is 0. The molecule has 0 unspecified atom stereocenters. The summed E-state index contributed by atoms with van der Waals surface area (Å²) in [5, 5.41) is 5.13. The molecule has 1 heterocycles. The monoisotopic (exact) mass is 553 g/mol. The largest absolute Gasteiger partial charge is 0.309 e. The van der Waals surface area contributed by atoms with Crippen molar-refractivity contribution in [3.05, 3.63) is 164 Å². The highest BCUT2D eigenvalue weighted by atomic mass is 32.1. The third kappa shape index (κ3) is 4.00. The van der Waals surface area contributed by atoms with Crippen LogP contribution in [0.4, 0.5) is 17.1 Å². The predicted molar refractivity (Wildman–Crippen MR) is 182 cm³/mol. The van der Waals surface area contributed by atoms with Gasteiger partial charge in [0.25, 0.3) is 0 Å². The van der Waals surface area contributed by atoms with Crippen molar-refractivity contribution in [1.29, 1.82) is 0 Å². The molecule has 0 aliphatic heterocycles. The van der Waals surface area contributed by atoms with Crippen LogP contribution in [0.1, 0.15) is 0 Å². The molecular formula is C40H27NS. The molecule has 0 aliphatic carbocycles. The van der Waals surface area contributed by atoms with Crippen LogP contribution in [0.15, 0.2) is 164 Å². The van der Waals surface area contributed by atoms with Crippen LogP contribution in [0, 0.1) is 0 Å². The molecule has 1 aromatic heterocycles. The van der Waals surface area contributed by atoms with Gasteiger partial charge in [0, 0.05) is 47.8 Å². The third-order valence-electron chi connectivity index (χ3n) is 8.04. The Kier molecular flexibility index (Phi) is 6.05. The molecule has 0 N–H and O–H groups in total. The lowest BCUT2D eigenvalue weighted by Gasteiger charge is -2.31. The molecule has 8 aromatic rings. The maximum atomic E-state index is 2.48. The molecule has 0 aliphatic rings. The van der Waals surface area contributed by atoms with Gasteiger partial charge in [0.2, 0.25) is 0 Å². The number of benzene rings is 7. The molecule has 0 saturated carbocycles. The van der Waals surface area contributed by atoms with E-state index >= 15 is 0 Å². The van der Waals surface area contributed by atoms with Crippen LogP contribution in [0.2, 0.25) is 0 Å². The Balaban J connectivity index is 1.60. The van der Waals surface area contributed by atoms with Gasteiger partial charge in [0.1, 0.15) is 0 Å². The number of rotatable bonds is 5. The molecule has 42 heavy (non-hydrogen) atoms. The molecule has 0 spiro atoms. The summed E-state index contributed by atoms with van der Waals surface area (Å²) in [5.74, 6) is 0. The zero-order valence-corrected chi connectivity index (χ0v) is 23.8. The second-order valence-electron chi connectivity index (χ2n) is 10.5. The molecule has 0 saturated heterocycles. The maximum absolute atomic E-state index is 2.48. The lowest BCUT2D eigenvalue weighted by atomic mass is 9.91. The van der Waals surface area contributed by atoms with Gasteiger partial charge in [0.15, 0.2) is 0 Å². The van der Waals surface area contributed by atoms with E-state index < -0.39 is 0 Å². The van der Waals surface area contributed by atoms with Crippen LogP contribution in [0.5, 0.6) is 0 Å². The number of nitrogens with zero attached hydrogens (tertiary/aromatic N) is 1. The van der Waals surface area contributed by atoms with Crippen LogP contribution >= 0.6 is 11.3 Å². The van der Waals surface area contributed by atoms with Gasteiger partial charge in [-0.15, -0.1) is 11.3 Å². The van der Waals surface area contributed by atoms with Crippen molar-refractivity contribution in [2.75, 3.05) is 4.90 Å². The van der Waals surface area contributed by atoms with Gasteiger partial charge in [-0.1, -0.05) is 140 Å². The van der Waals surface area contributed by atoms with Crippen LogP contribution < -0.4 is 4.90 Å². The van der Waals surface area contributed by atoms with E-state index in [0.29, 0.717) is 0 Å². The number of fused-ring (bicyclic) bond motifs is 5. The highest BCUT2D eigenvalue weighted by Crippen LogP contribution is 2.53. The summed E-state index contributed by atoms with van der Waals surface area (Å²) in [5.41, 5.74) is 8.33. The summed E-state index contributed by atoms with van der Waals surface area (Å²) in [6, 6.07) is 59.0. The quantitative estimate of drug-likeness (QED) is 0.205. The molecule has 1 nitrogen and oxygen atoms in total. The highest BCUT2D eigenvalue weighted by molar-refractivity contribution is 7.26. The number of hydrogen-bond acceptors (Lipinski definition) is 2. The van der Waals surface area contributed by atoms with Gasteiger partial charge in [0.05, 0.1) is 11.4 Å². The average Bonchev–Trinajstić information content (AvgIpc) is 3.46.